The van der Waals surface area contributed by atoms with Gasteiger partial charge in [-0.15, -0.1) is 0 Å². The molecule has 0 N–H and O–H groups in total. The third-order valence-corrected chi connectivity index (χ3v) is 3.16. The van der Waals surface area contributed by atoms with Crippen LogP contribution in [0.3, 0.4) is 0 Å². The monoisotopic (exact) mass is 229 g/mol. The van der Waals surface area contributed by atoms with Crippen LogP contribution in [0.25, 0.3) is 10.8 Å². The second-order valence-electron chi connectivity index (χ2n) is 4.18. The number of anilines is 1. The number of nitrogens with zero attached hydrogens (tertiary/aromatic N) is 1. The topological polar surface area (TPSA) is 20.3 Å². The van der Waals surface area contributed by atoms with E-state index in [1.165, 1.54) is 0 Å². The van der Waals surface area contributed by atoms with Crippen LogP contribution in [0.5, 0.6) is 0 Å². The first-order valence-electron chi connectivity index (χ1n) is 5.72. The lowest BCUT2D eigenvalue weighted by molar-refractivity contribution is 0.0992. The summed E-state index contributed by atoms with van der Waals surface area (Å²) in [6, 6.07) is 11.6. The number of benzene rings is 2. The van der Waals surface area contributed by atoms with Gasteiger partial charge >= 0.3 is 0 Å². The van der Waals surface area contributed by atoms with E-state index in [1.54, 1.807) is 4.90 Å². The minimum atomic E-state index is -0.393. The van der Waals surface area contributed by atoms with Gasteiger partial charge in [-0.25, -0.2) is 0 Å². The Balaban J connectivity index is 2.17. The van der Waals surface area contributed by atoms with Crippen molar-refractivity contribution in [3.8, 4) is 0 Å². The summed E-state index contributed by atoms with van der Waals surface area (Å²) in [6.45, 7) is 0.0548. The van der Waals surface area contributed by atoms with Crippen molar-refractivity contribution in [3.63, 3.8) is 0 Å². The summed E-state index contributed by atoms with van der Waals surface area (Å²) in [5.74, 6) is -0.00903. The molecule has 3 rings (SSSR count). The number of carbonyl (C=O) groups is 1. The molecule has 2 aromatic carbocycles. The van der Waals surface area contributed by atoms with Gasteiger partial charge < -0.3 is 4.90 Å². The van der Waals surface area contributed by atoms with E-state index in [0.29, 0.717) is 13.0 Å². The van der Waals surface area contributed by atoms with Gasteiger partial charge in [0.25, 0.3) is 5.91 Å². The number of rotatable bonds is 3. The van der Waals surface area contributed by atoms with Crippen LogP contribution in [0, 0.1) is 0 Å². The predicted molar refractivity (Wildman–Crippen MR) is 66.2 cm³/mol. The van der Waals surface area contributed by atoms with Crippen LogP contribution in [0.2, 0.25) is 0 Å². The van der Waals surface area contributed by atoms with E-state index in [4.69, 9.17) is 0 Å². The quantitative estimate of drug-likeness (QED) is 0.791. The maximum Gasteiger partial charge on any atom is 0.258 e. The highest BCUT2D eigenvalue weighted by atomic mass is 19.1. The van der Waals surface area contributed by atoms with Crippen LogP contribution in [-0.4, -0.2) is 19.1 Å². The van der Waals surface area contributed by atoms with Gasteiger partial charge in [-0.05, 0) is 23.9 Å². The van der Waals surface area contributed by atoms with Gasteiger partial charge in [0, 0.05) is 17.5 Å². The first kappa shape index (κ1) is 10.3. The second-order valence-corrected chi connectivity index (χ2v) is 4.18. The van der Waals surface area contributed by atoms with Crippen molar-refractivity contribution < 1.29 is 9.18 Å². The molecule has 2 aromatic rings. The molecular weight excluding hydrogens is 217 g/mol. The normalized spacial score (nSPS) is 13.7. The standard InChI is InChI=1S/C14H12FNO/c15-8-3-9-16-12-7-2-5-10-4-1-6-11(13(10)12)14(16)17/h1-2,4-7H,3,8-9H2. The Kier molecular flexibility index (Phi) is 2.32. The number of halogens is 1. The van der Waals surface area contributed by atoms with Crippen molar-refractivity contribution >= 4 is 22.4 Å². The first-order valence-corrected chi connectivity index (χ1v) is 5.72. The molecule has 0 saturated heterocycles. The zero-order chi connectivity index (χ0) is 11.8. The van der Waals surface area contributed by atoms with Gasteiger partial charge in [-0.2, -0.15) is 0 Å². The smallest absolute Gasteiger partial charge is 0.258 e. The van der Waals surface area contributed by atoms with E-state index in [9.17, 15) is 9.18 Å². The molecule has 1 heterocycles. The fourth-order valence-electron chi connectivity index (χ4n) is 2.42. The summed E-state index contributed by atoms with van der Waals surface area (Å²) in [7, 11) is 0. The maximum atomic E-state index is 12.3. The Morgan fingerprint density at radius 1 is 1.12 bits per heavy atom. The van der Waals surface area contributed by atoms with Crippen LogP contribution in [0.15, 0.2) is 36.4 Å². The summed E-state index contributed by atoms with van der Waals surface area (Å²) >= 11 is 0. The third-order valence-electron chi connectivity index (χ3n) is 3.16. The Morgan fingerprint density at radius 3 is 2.65 bits per heavy atom. The van der Waals surface area contributed by atoms with E-state index in [-0.39, 0.29) is 5.91 Å². The van der Waals surface area contributed by atoms with Gasteiger partial charge in [0.05, 0.1) is 12.4 Å². The highest BCUT2D eigenvalue weighted by Gasteiger charge is 2.28. The van der Waals surface area contributed by atoms with Crippen LogP contribution in [-0.2, 0) is 0 Å². The van der Waals surface area contributed by atoms with Crippen molar-refractivity contribution in [2.24, 2.45) is 0 Å². The lowest BCUT2D eigenvalue weighted by Crippen LogP contribution is -2.28. The van der Waals surface area contributed by atoms with Crippen molar-refractivity contribution in [2.45, 2.75) is 6.42 Å². The molecule has 1 aliphatic heterocycles. The zero-order valence-corrected chi connectivity index (χ0v) is 9.32. The third kappa shape index (κ3) is 1.42. The molecule has 0 atom stereocenters. The first-order chi connectivity index (χ1) is 8.33. The zero-order valence-electron chi connectivity index (χ0n) is 9.32. The summed E-state index contributed by atoms with van der Waals surface area (Å²) in [4.78, 5) is 13.9. The summed E-state index contributed by atoms with van der Waals surface area (Å²) < 4.78 is 12.3. The Labute approximate surface area is 98.7 Å². The Bertz CT molecular complexity index is 589. The van der Waals surface area contributed by atoms with Crippen LogP contribution >= 0.6 is 0 Å². The van der Waals surface area contributed by atoms with E-state index in [1.807, 2.05) is 36.4 Å². The molecule has 0 fully saturated rings. The summed E-state index contributed by atoms with van der Waals surface area (Å²) in [5, 5.41) is 2.06. The molecule has 17 heavy (non-hydrogen) atoms. The fraction of sp³-hybridized carbons (Fsp3) is 0.214. The SMILES string of the molecule is O=C1c2cccc3cccc(c23)N1CCCF. The van der Waals surface area contributed by atoms with Crippen LogP contribution in [0.1, 0.15) is 16.8 Å². The lowest BCUT2D eigenvalue weighted by atomic mass is 10.1. The molecule has 3 heteroatoms. The molecule has 1 aliphatic rings. The number of carbonyl (C=O) groups excluding carboxylic acids is 1. The largest absolute Gasteiger partial charge is 0.308 e. The minimum absolute atomic E-state index is 0.00903. The summed E-state index contributed by atoms with van der Waals surface area (Å²) in [6.07, 6.45) is 0.385. The number of alkyl halides is 1. The van der Waals surface area contributed by atoms with Crippen molar-refractivity contribution in [3.05, 3.63) is 42.0 Å². The molecule has 0 spiro atoms. The molecule has 0 aliphatic carbocycles. The summed E-state index contributed by atoms with van der Waals surface area (Å²) in [5.41, 5.74) is 1.65. The van der Waals surface area contributed by atoms with Gasteiger partial charge in [-0.1, -0.05) is 24.3 Å². The Morgan fingerprint density at radius 2 is 1.88 bits per heavy atom. The highest BCUT2D eigenvalue weighted by Crippen LogP contribution is 2.36. The molecular formula is C14H12FNO. The van der Waals surface area contributed by atoms with Crippen molar-refractivity contribution in [1.82, 2.24) is 0 Å². The molecule has 86 valence electrons. The number of amides is 1. The van der Waals surface area contributed by atoms with Gasteiger partial charge in [0.2, 0.25) is 0 Å². The van der Waals surface area contributed by atoms with E-state index >= 15 is 0 Å². The lowest BCUT2D eigenvalue weighted by Gasteiger charge is -2.16. The number of hydrogen-bond donors (Lipinski definition) is 0. The Hall–Kier alpha value is -1.90. The van der Waals surface area contributed by atoms with Gasteiger partial charge in [0.15, 0.2) is 0 Å². The van der Waals surface area contributed by atoms with E-state index < -0.39 is 6.67 Å². The van der Waals surface area contributed by atoms with E-state index in [0.717, 1.165) is 22.0 Å². The maximum absolute atomic E-state index is 12.3. The predicted octanol–water partition coefficient (Wildman–Crippen LogP) is 3.16. The average molecular weight is 229 g/mol. The fourth-order valence-corrected chi connectivity index (χ4v) is 2.42. The van der Waals surface area contributed by atoms with E-state index in [2.05, 4.69) is 0 Å². The second kappa shape index (κ2) is 3.84. The molecule has 1 amide bonds. The molecule has 0 bridgehead atoms. The molecule has 0 saturated carbocycles. The molecule has 0 aromatic heterocycles. The molecule has 0 radical (unpaired) electrons. The number of hydrogen-bond acceptors (Lipinski definition) is 1. The van der Waals surface area contributed by atoms with Gasteiger partial charge in [-0.3, -0.25) is 9.18 Å². The minimum Gasteiger partial charge on any atom is -0.308 e. The van der Waals surface area contributed by atoms with Crippen LogP contribution in [0.4, 0.5) is 10.1 Å². The highest BCUT2D eigenvalue weighted by molar-refractivity contribution is 6.24. The van der Waals surface area contributed by atoms with Crippen molar-refractivity contribution in [1.29, 1.82) is 0 Å². The molecule has 2 nitrogen and oxygen atoms in total. The van der Waals surface area contributed by atoms with Crippen LogP contribution < -0.4 is 4.90 Å². The molecule has 0 unspecified atom stereocenters. The van der Waals surface area contributed by atoms with Crippen molar-refractivity contribution in [2.75, 3.05) is 18.1 Å². The average Bonchev–Trinajstić information content (AvgIpc) is 2.64. The van der Waals surface area contributed by atoms with Gasteiger partial charge in [0.1, 0.15) is 0 Å².